The number of likely N-dealkylation sites (N-methyl/N-ethyl adjacent to an activating group) is 1. The summed E-state index contributed by atoms with van der Waals surface area (Å²) >= 11 is 1.62. The second-order valence-corrected chi connectivity index (χ2v) is 8.32. The van der Waals surface area contributed by atoms with Crippen molar-refractivity contribution < 1.29 is 4.79 Å². The Morgan fingerprint density at radius 1 is 1.32 bits per heavy atom. The molecule has 2 saturated heterocycles. The summed E-state index contributed by atoms with van der Waals surface area (Å²) in [7, 11) is 1.96. The highest BCUT2D eigenvalue weighted by atomic mass is 32.1. The zero-order chi connectivity index (χ0) is 17.4. The molecule has 1 N–H and O–H groups in total. The average molecular weight is 356 g/mol. The lowest BCUT2D eigenvalue weighted by Gasteiger charge is -2.35. The third kappa shape index (κ3) is 3.62. The summed E-state index contributed by atoms with van der Waals surface area (Å²) in [5.74, 6) is 0.187. The van der Waals surface area contributed by atoms with Crippen LogP contribution in [0.5, 0.6) is 0 Å². The van der Waals surface area contributed by atoms with E-state index in [0.29, 0.717) is 24.5 Å². The molecular weight excluding hydrogens is 330 g/mol. The van der Waals surface area contributed by atoms with Gasteiger partial charge in [0.05, 0.1) is 12.1 Å². The standard InChI is InChI=1S/C20H25N3OS/c1-13-4-3-5-14(8-13)20-22-17(12-25-20)11-19(24)23(2)18-9-15-6-7-16(10-18)21-15/h3-5,8,12,15-16,18,21H,6-7,9-11H2,1-2H3. The van der Waals surface area contributed by atoms with Crippen LogP contribution in [0.4, 0.5) is 0 Å². The molecule has 2 aromatic rings. The molecule has 2 fully saturated rings. The number of nitrogens with one attached hydrogen (secondary N) is 1. The number of aromatic nitrogens is 1. The van der Waals surface area contributed by atoms with E-state index in [-0.39, 0.29) is 5.91 Å². The Hall–Kier alpha value is -1.72. The minimum Gasteiger partial charge on any atom is -0.342 e. The van der Waals surface area contributed by atoms with E-state index < -0.39 is 0 Å². The number of hydrogen-bond donors (Lipinski definition) is 1. The fraction of sp³-hybridized carbons (Fsp3) is 0.500. The zero-order valence-corrected chi connectivity index (χ0v) is 15.7. The molecule has 1 aromatic heterocycles. The molecule has 4 nitrogen and oxygen atoms in total. The van der Waals surface area contributed by atoms with Gasteiger partial charge < -0.3 is 10.2 Å². The molecule has 2 bridgehead atoms. The molecule has 132 valence electrons. The lowest BCUT2D eigenvalue weighted by molar-refractivity contribution is -0.132. The van der Waals surface area contributed by atoms with Gasteiger partial charge in [0.15, 0.2) is 0 Å². The monoisotopic (exact) mass is 355 g/mol. The van der Waals surface area contributed by atoms with E-state index in [2.05, 4.69) is 36.5 Å². The topological polar surface area (TPSA) is 45.2 Å². The summed E-state index contributed by atoms with van der Waals surface area (Å²) < 4.78 is 0. The van der Waals surface area contributed by atoms with Crippen LogP contribution >= 0.6 is 11.3 Å². The molecule has 2 aliphatic heterocycles. The van der Waals surface area contributed by atoms with Gasteiger partial charge in [-0.15, -0.1) is 11.3 Å². The van der Waals surface area contributed by atoms with Crippen molar-refractivity contribution in [3.05, 3.63) is 40.9 Å². The second kappa shape index (κ2) is 6.89. The van der Waals surface area contributed by atoms with Crippen LogP contribution in [0.2, 0.25) is 0 Å². The summed E-state index contributed by atoms with van der Waals surface area (Å²) in [6, 6.07) is 9.94. The van der Waals surface area contributed by atoms with Crippen molar-refractivity contribution in [3.63, 3.8) is 0 Å². The number of aryl methyl sites for hydroxylation is 1. The van der Waals surface area contributed by atoms with E-state index in [0.717, 1.165) is 29.1 Å². The van der Waals surface area contributed by atoms with E-state index in [1.165, 1.54) is 18.4 Å². The average Bonchev–Trinajstić information content (AvgIpc) is 3.20. The molecule has 1 amide bonds. The van der Waals surface area contributed by atoms with Crippen LogP contribution in [0, 0.1) is 6.92 Å². The predicted octanol–water partition coefficient (Wildman–Crippen LogP) is 3.40. The molecule has 0 saturated carbocycles. The van der Waals surface area contributed by atoms with Crippen LogP contribution in [-0.4, -0.2) is 41.0 Å². The first-order valence-electron chi connectivity index (χ1n) is 9.11. The van der Waals surface area contributed by atoms with Crippen LogP contribution in [0.3, 0.4) is 0 Å². The van der Waals surface area contributed by atoms with Gasteiger partial charge in [-0.3, -0.25) is 4.79 Å². The largest absolute Gasteiger partial charge is 0.342 e. The van der Waals surface area contributed by atoms with Gasteiger partial charge in [0, 0.05) is 36.1 Å². The van der Waals surface area contributed by atoms with E-state index in [4.69, 9.17) is 4.98 Å². The summed E-state index contributed by atoms with van der Waals surface area (Å²) in [5, 5.41) is 6.66. The smallest absolute Gasteiger partial charge is 0.228 e. The Balaban J connectivity index is 1.41. The molecule has 25 heavy (non-hydrogen) atoms. The molecule has 1 aromatic carbocycles. The fourth-order valence-electron chi connectivity index (χ4n) is 4.13. The number of fused-ring (bicyclic) bond motifs is 2. The van der Waals surface area contributed by atoms with Crippen LogP contribution in [0.25, 0.3) is 10.6 Å². The predicted molar refractivity (Wildman–Crippen MR) is 102 cm³/mol. The zero-order valence-electron chi connectivity index (χ0n) is 14.9. The quantitative estimate of drug-likeness (QED) is 0.914. The van der Waals surface area contributed by atoms with Crippen molar-refractivity contribution in [2.75, 3.05) is 7.05 Å². The third-order valence-electron chi connectivity index (χ3n) is 5.54. The highest BCUT2D eigenvalue weighted by molar-refractivity contribution is 7.13. The molecular formula is C20H25N3OS. The van der Waals surface area contributed by atoms with Crippen LogP contribution in [-0.2, 0) is 11.2 Å². The first-order chi connectivity index (χ1) is 12.1. The highest BCUT2D eigenvalue weighted by Gasteiger charge is 2.36. The van der Waals surface area contributed by atoms with Crippen molar-refractivity contribution in [2.45, 2.75) is 57.2 Å². The Morgan fingerprint density at radius 3 is 2.80 bits per heavy atom. The highest BCUT2D eigenvalue weighted by Crippen LogP contribution is 2.30. The summed E-state index contributed by atoms with van der Waals surface area (Å²) in [4.78, 5) is 19.4. The molecule has 5 heteroatoms. The van der Waals surface area contributed by atoms with Gasteiger partial charge >= 0.3 is 0 Å². The van der Waals surface area contributed by atoms with Crippen molar-refractivity contribution in [1.82, 2.24) is 15.2 Å². The number of carbonyl (C=O) groups excluding carboxylic acids is 1. The Morgan fingerprint density at radius 2 is 2.08 bits per heavy atom. The number of benzene rings is 1. The van der Waals surface area contributed by atoms with Crippen LogP contribution in [0.1, 0.15) is 36.9 Å². The molecule has 2 unspecified atom stereocenters. The number of rotatable bonds is 4. The molecule has 4 rings (SSSR count). The summed E-state index contributed by atoms with van der Waals surface area (Å²) in [6.45, 7) is 2.09. The van der Waals surface area contributed by atoms with E-state index in [1.54, 1.807) is 11.3 Å². The van der Waals surface area contributed by atoms with Gasteiger partial charge in [0.1, 0.15) is 5.01 Å². The Bertz CT molecular complexity index is 760. The van der Waals surface area contributed by atoms with Crippen molar-refractivity contribution >= 4 is 17.2 Å². The first kappa shape index (κ1) is 16.7. The molecule has 3 heterocycles. The van der Waals surface area contributed by atoms with Gasteiger partial charge in [-0.05, 0) is 38.7 Å². The van der Waals surface area contributed by atoms with Crippen LogP contribution < -0.4 is 5.32 Å². The van der Waals surface area contributed by atoms with Crippen LogP contribution in [0.15, 0.2) is 29.6 Å². The number of piperidine rings is 1. The maximum Gasteiger partial charge on any atom is 0.228 e. The number of amides is 1. The maximum atomic E-state index is 12.7. The van der Waals surface area contributed by atoms with E-state index >= 15 is 0 Å². The minimum atomic E-state index is 0.187. The maximum absolute atomic E-state index is 12.7. The van der Waals surface area contributed by atoms with Gasteiger partial charge in [0.2, 0.25) is 5.91 Å². The first-order valence-corrected chi connectivity index (χ1v) is 9.99. The minimum absolute atomic E-state index is 0.187. The molecule has 0 spiro atoms. The van der Waals surface area contributed by atoms with E-state index in [1.807, 2.05) is 17.3 Å². The normalized spacial score (nSPS) is 25.1. The van der Waals surface area contributed by atoms with Crippen molar-refractivity contribution in [3.8, 4) is 10.6 Å². The summed E-state index contributed by atoms with van der Waals surface area (Å²) in [6.07, 6.45) is 5.09. The van der Waals surface area contributed by atoms with Crippen molar-refractivity contribution in [1.29, 1.82) is 0 Å². The molecule has 0 aliphatic carbocycles. The number of carbonyl (C=O) groups is 1. The Labute approximate surface area is 153 Å². The number of nitrogens with zero attached hydrogens (tertiary/aromatic N) is 2. The van der Waals surface area contributed by atoms with Gasteiger partial charge in [-0.1, -0.05) is 23.8 Å². The second-order valence-electron chi connectivity index (χ2n) is 7.46. The Kier molecular flexibility index (Phi) is 4.61. The van der Waals surface area contributed by atoms with Gasteiger partial charge in [-0.2, -0.15) is 0 Å². The third-order valence-corrected chi connectivity index (χ3v) is 6.48. The van der Waals surface area contributed by atoms with Crippen molar-refractivity contribution in [2.24, 2.45) is 0 Å². The van der Waals surface area contributed by atoms with Gasteiger partial charge in [0.25, 0.3) is 0 Å². The lowest BCUT2D eigenvalue weighted by atomic mass is 9.98. The summed E-state index contributed by atoms with van der Waals surface area (Å²) in [5.41, 5.74) is 3.24. The lowest BCUT2D eigenvalue weighted by Crippen LogP contribution is -2.49. The molecule has 2 aliphatic rings. The van der Waals surface area contributed by atoms with E-state index in [9.17, 15) is 4.79 Å². The number of thiazole rings is 1. The fourth-order valence-corrected chi connectivity index (χ4v) is 4.94. The van der Waals surface area contributed by atoms with Gasteiger partial charge in [-0.25, -0.2) is 4.98 Å². The number of hydrogen-bond acceptors (Lipinski definition) is 4. The molecule has 0 radical (unpaired) electrons. The molecule has 2 atom stereocenters. The SMILES string of the molecule is Cc1cccc(-c2nc(CC(=O)N(C)C3CC4CCC(C3)N4)cs2)c1.